The summed E-state index contributed by atoms with van der Waals surface area (Å²) in [6.45, 7) is 2.59. The van der Waals surface area contributed by atoms with Gasteiger partial charge in [-0.25, -0.2) is 4.98 Å². The number of imidazole rings is 1. The van der Waals surface area contributed by atoms with Crippen LogP contribution in [-0.4, -0.2) is 34.4 Å². The monoisotopic (exact) mass is 347 g/mol. The summed E-state index contributed by atoms with van der Waals surface area (Å²) in [5.74, 6) is 0.764. The Morgan fingerprint density at radius 1 is 1.38 bits per heavy atom. The fourth-order valence-corrected chi connectivity index (χ4v) is 3.02. The lowest BCUT2D eigenvalue weighted by Gasteiger charge is -2.24. The number of nitrogens with one attached hydrogen (secondary N) is 1. The molecular formula is C16H18BrN3O. The quantitative estimate of drug-likeness (QED) is 0.922. The topological polar surface area (TPSA) is 49.0 Å². The normalized spacial score (nSPS) is 15.8. The molecule has 3 rings (SSSR count). The van der Waals surface area contributed by atoms with Gasteiger partial charge in [0.25, 0.3) is 5.91 Å². The first kappa shape index (κ1) is 14.3. The molecule has 4 nitrogen and oxygen atoms in total. The van der Waals surface area contributed by atoms with Gasteiger partial charge in [-0.1, -0.05) is 28.1 Å². The second-order valence-electron chi connectivity index (χ2n) is 5.83. The molecule has 21 heavy (non-hydrogen) atoms. The number of carbonyl (C=O) groups excluding carboxylic acids is 1. The summed E-state index contributed by atoms with van der Waals surface area (Å²) < 4.78 is 1.08. The molecule has 1 aromatic carbocycles. The van der Waals surface area contributed by atoms with Crippen LogP contribution in [0, 0.1) is 6.92 Å². The third-order valence-electron chi connectivity index (χ3n) is 4.13. The fourth-order valence-electron chi connectivity index (χ4n) is 2.75. The summed E-state index contributed by atoms with van der Waals surface area (Å²) in [5, 5.41) is 0. The minimum atomic E-state index is -0.000938. The first-order valence-corrected chi connectivity index (χ1v) is 7.83. The van der Waals surface area contributed by atoms with E-state index in [1.54, 1.807) is 11.1 Å². The number of rotatable bonds is 4. The zero-order chi connectivity index (χ0) is 15.0. The van der Waals surface area contributed by atoms with Crippen molar-refractivity contribution in [3.8, 4) is 0 Å². The van der Waals surface area contributed by atoms with Crippen molar-refractivity contribution >= 4 is 21.8 Å². The molecule has 1 heterocycles. The largest absolute Gasteiger partial charge is 0.339 e. The Morgan fingerprint density at radius 2 is 2.05 bits per heavy atom. The van der Waals surface area contributed by atoms with Gasteiger partial charge in [0.15, 0.2) is 0 Å². The third kappa shape index (κ3) is 2.88. The molecule has 1 aromatic heterocycles. The Bertz CT molecular complexity index is 658. The first-order chi connectivity index (χ1) is 10.00. The number of hydrogen-bond donors (Lipinski definition) is 1. The van der Waals surface area contributed by atoms with Crippen molar-refractivity contribution in [1.29, 1.82) is 0 Å². The molecule has 0 atom stereocenters. The SMILES string of the molecule is Cc1ncc(C(=O)N(C)CC2(c3ccc(Br)cc3)CC2)[nH]1. The maximum atomic E-state index is 12.4. The van der Waals surface area contributed by atoms with Crippen LogP contribution in [0.3, 0.4) is 0 Å². The molecule has 2 aromatic rings. The molecule has 0 saturated heterocycles. The van der Waals surface area contributed by atoms with Gasteiger partial charge in [0, 0.05) is 23.5 Å². The van der Waals surface area contributed by atoms with E-state index in [1.807, 2.05) is 14.0 Å². The third-order valence-corrected chi connectivity index (χ3v) is 4.66. The smallest absolute Gasteiger partial charge is 0.271 e. The number of carbonyl (C=O) groups is 1. The van der Waals surface area contributed by atoms with E-state index in [2.05, 4.69) is 50.2 Å². The summed E-state index contributed by atoms with van der Waals surface area (Å²) in [6, 6.07) is 8.43. The van der Waals surface area contributed by atoms with Gasteiger partial charge >= 0.3 is 0 Å². The van der Waals surface area contributed by atoms with Gasteiger partial charge in [-0.05, 0) is 37.5 Å². The Labute approximate surface area is 132 Å². The van der Waals surface area contributed by atoms with Crippen molar-refractivity contribution in [3.05, 3.63) is 52.0 Å². The first-order valence-electron chi connectivity index (χ1n) is 7.03. The van der Waals surface area contributed by atoms with Crippen LogP contribution < -0.4 is 0 Å². The van der Waals surface area contributed by atoms with Crippen LogP contribution in [-0.2, 0) is 5.41 Å². The van der Waals surface area contributed by atoms with Crippen LogP contribution in [0.4, 0.5) is 0 Å². The number of H-pyrrole nitrogens is 1. The highest BCUT2D eigenvalue weighted by molar-refractivity contribution is 9.10. The molecule has 1 fully saturated rings. The Morgan fingerprint density at radius 3 is 2.57 bits per heavy atom. The minimum Gasteiger partial charge on any atom is -0.339 e. The number of benzene rings is 1. The number of likely N-dealkylation sites (N-methyl/N-ethyl adjacent to an activating group) is 1. The Kier molecular flexibility index (Phi) is 3.61. The molecule has 110 valence electrons. The van der Waals surface area contributed by atoms with Crippen molar-refractivity contribution in [2.24, 2.45) is 0 Å². The van der Waals surface area contributed by atoms with E-state index in [4.69, 9.17) is 0 Å². The van der Waals surface area contributed by atoms with E-state index in [1.165, 1.54) is 5.56 Å². The fraction of sp³-hybridized carbons (Fsp3) is 0.375. The van der Waals surface area contributed by atoms with E-state index < -0.39 is 0 Å². The second kappa shape index (κ2) is 5.30. The lowest BCUT2D eigenvalue weighted by Crippen LogP contribution is -2.34. The maximum Gasteiger partial charge on any atom is 0.271 e. The maximum absolute atomic E-state index is 12.4. The van der Waals surface area contributed by atoms with Crippen molar-refractivity contribution < 1.29 is 4.79 Å². The average molecular weight is 348 g/mol. The van der Waals surface area contributed by atoms with Gasteiger partial charge in [0.1, 0.15) is 11.5 Å². The van der Waals surface area contributed by atoms with Gasteiger partial charge in [0.05, 0.1) is 6.20 Å². The standard InChI is InChI=1S/C16H18BrN3O/c1-11-18-9-14(19-11)15(21)20(2)10-16(7-8-16)12-3-5-13(17)6-4-12/h3-6,9H,7-8,10H2,1-2H3,(H,18,19). The lowest BCUT2D eigenvalue weighted by atomic mass is 9.95. The van der Waals surface area contributed by atoms with Crippen LogP contribution in [0.1, 0.15) is 34.7 Å². The second-order valence-corrected chi connectivity index (χ2v) is 6.75. The van der Waals surface area contributed by atoms with Crippen molar-refractivity contribution in [1.82, 2.24) is 14.9 Å². The summed E-state index contributed by atoms with van der Waals surface area (Å²) in [4.78, 5) is 21.3. The van der Waals surface area contributed by atoms with Gasteiger partial charge in [-0.15, -0.1) is 0 Å². The van der Waals surface area contributed by atoms with E-state index in [0.717, 1.165) is 29.7 Å². The number of hydrogen-bond acceptors (Lipinski definition) is 2. The summed E-state index contributed by atoms with van der Waals surface area (Å²) in [6.07, 6.45) is 3.87. The summed E-state index contributed by atoms with van der Waals surface area (Å²) in [5.41, 5.74) is 1.99. The number of amides is 1. The van der Waals surface area contributed by atoms with Crippen LogP contribution in [0.5, 0.6) is 0 Å². The lowest BCUT2D eigenvalue weighted by molar-refractivity contribution is 0.0776. The average Bonchev–Trinajstić information content (AvgIpc) is 3.11. The number of nitrogens with zero attached hydrogens (tertiary/aromatic N) is 2. The van der Waals surface area contributed by atoms with E-state index in [-0.39, 0.29) is 11.3 Å². The van der Waals surface area contributed by atoms with E-state index in [0.29, 0.717) is 5.69 Å². The number of aromatic nitrogens is 2. The Balaban J connectivity index is 1.73. The molecule has 0 spiro atoms. The number of halogens is 1. The molecule has 1 saturated carbocycles. The highest BCUT2D eigenvalue weighted by atomic mass is 79.9. The summed E-state index contributed by atoms with van der Waals surface area (Å²) in [7, 11) is 1.86. The number of aromatic amines is 1. The minimum absolute atomic E-state index is 0.000938. The summed E-state index contributed by atoms with van der Waals surface area (Å²) >= 11 is 3.46. The van der Waals surface area contributed by atoms with E-state index >= 15 is 0 Å². The molecule has 1 aliphatic rings. The molecule has 1 amide bonds. The molecule has 0 aliphatic heterocycles. The molecule has 1 aliphatic carbocycles. The zero-order valence-corrected chi connectivity index (χ0v) is 13.8. The van der Waals surface area contributed by atoms with Gasteiger partial charge in [-0.2, -0.15) is 0 Å². The van der Waals surface area contributed by atoms with Gasteiger partial charge in [-0.3, -0.25) is 4.79 Å². The molecule has 5 heteroatoms. The van der Waals surface area contributed by atoms with Crippen molar-refractivity contribution in [2.75, 3.05) is 13.6 Å². The van der Waals surface area contributed by atoms with Gasteiger partial charge in [0.2, 0.25) is 0 Å². The van der Waals surface area contributed by atoms with Crippen LogP contribution >= 0.6 is 15.9 Å². The van der Waals surface area contributed by atoms with Crippen molar-refractivity contribution in [3.63, 3.8) is 0 Å². The molecule has 0 unspecified atom stereocenters. The highest BCUT2D eigenvalue weighted by Crippen LogP contribution is 2.48. The molecule has 0 radical (unpaired) electrons. The van der Waals surface area contributed by atoms with Crippen LogP contribution in [0.25, 0.3) is 0 Å². The molecular weight excluding hydrogens is 330 g/mol. The highest BCUT2D eigenvalue weighted by Gasteiger charge is 2.45. The van der Waals surface area contributed by atoms with Crippen molar-refractivity contribution in [2.45, 2.75) is 25.2 Å². The predicted octanol–water partition coefficient (Wildman–Crippen LogP) is 3.28. The molecule has 1 N–H and O–H groups in total. The molecule has 0 bridgehead atoms. The Hall–Kier alpha value is -1.62. The van der Waals surface area contributed by atoms with E-state index in [9.17, 15) is 4.79 Å². The van der Waals surface area contributed by atoms with Crippen LogP contribution in [0.15, 0.2) is 34.9 Å². The number of aryl methyl sites for hydroxylation is 1. The van der Waals surface area contributed by atoms with Crippen LogP contribution in [0.2, 0.25) is 0 Å². The predicted molar refractivity (Wildman–Crippen MR) is 85.3 cm³/mol. The van der Waals surface area contributed by atoms with Gasteiger partial charge < -0.3 is 9.88 Å². The zero-order valence-electron chi connectivity index (χ0n) is 12.2.